The summed E-state index contributed by atoms with van der Waals surface area (Å²) < 4.78 is 0. The van der Waals surface area contributed by atoms with Crippen LogP contribution < -0.4 is 10.6 Å². The molecule has 0 aliphatic carbocycles. The zero-order valence-electron chi connectivity index (χ0n) is 9.17. The molecular formula is C10H17N3O2. The van der Waals surface area contributed by atoms with E-state index < -0.39 is 5.54 Å². The van der Waals surface area contributed by atoms with Crippen molar-refractivity contribution in [2.24, 2.45) is 5.92 Å². The first kappa shape index (κ1) is 10.4. The molecule has 0 aromatic heterocycles. The number of nitrogens with zero attached hydrogens (tertiary/aromatic N) is 1. The number of imide groups is 1. The number of amides is 3. The molecule has 0 bridgehead atoms. The number of carbonyl (C=O) groups is 2. The van der Waals surface area contributed by atoms with E-state index in [9.17, 15) is 9.59 Å². The molecule has 2 saturated heterocycles. The highest BCUT2D eigenvalue weighted by atomic mass is 16.2. The van der Waals surface area contributed by atoms with Crippen molar-refractivity contribution in [2.45, 2.75) is 25.8 Å². The lowest BCUT2D eigenvalue weighted by atomic mass is 10.1. The molecule has 5 heteroatoms. The molecule has 84 valence electrons. The van der Waals surface area contributed by atoms with Gasteiger partial charge in [-0.25, -0.2) is 4.79 Å². The van der Waals surface area contributed by atoms with E-state index in [0.29, 0.717) is 12.5 Å². The van der Waals surface area contributed by atoms with E-state index in [4.69, 9.17) is 0 Å². The minimum absolute atomic E-state index is 0.112. The van der Waals surface area contributed by atoms with Gasteiger partial charge < -0.3 is 10.6 Å². The van der Waals surface area contributed by atoms with Crippen molar-refractivity contribution in [2.75, 3.05) is 19.6 Å². The predicted molar refractivity (Wildman–Crippen MR) is 55.3 cm³/mol. The van der Waals surface area contributed by atoms with Gasteiger partial charge in [-0.05, 0) is 39.3 Å². The number of rotatable bonds is 2. The Balaban J connectivity index is 2.02. The minimum Gasteiger partial charge on any atom is -0.324 e. The molecule has 0 radical (unpaired) electrons. The smallest absolute Gasteiger partial charge is 0.324 e. The molecule has 1 unspecified atom stereocenters. The van der Waals surface area contributed by atoms with E-state index in [1.807, 2.05) is 0 Å². The Morgan fingerprint density at radius 1 is 1.47 bits per heavy atom. The molecular weight excluding hydrogens is 194 g/mol. The first-order valence-corrected chi connectivity index (χ1v) is 5.35. The third-order valence-corrected chi connectivity index (χ3v) is 3.05. The van der Waals surface area contributed by atoms with Gasteiger partial charge in [-0.2, -0.15) is 0 Å². The highest BCUT2D eigenvalue weighted by molar-refractivity contribution is 6.06. The zero-order valence-corrected chi connectivity index (χ0v) is 9.17. The van der Waals surface area contributed by atoms with E-state index in [0.717, 1.165) is 19.5 Å². The molecule has 3 amide bonds. The summed E-state index contributed by atoms with van der Waals surface area (Å²) in [6, 6.07) is -0.253. The Labute approximate surface area is 89.2 Å². The molecule has 2 aliphatic heterocycles. The molecule has 2 heterocycles. The van der Waals surface area contributed by atoms with Gasteiger partial charge in [0.15, 0.2) is 0 Å². The third kappa shape index (κ3) is 1.84. The van der Waals surface area contributed by atoms with Crippen LogP contribution >= 0.6 is 0 Å². The number of carbonyl (C=O) groups excluding carboxylic acids is 2. The molecule has 0 saturated carbocycles. The van der Waals surface area contributed by atoms with Crippen molar-refractivity contribution < 1.29 is 9.59 Å². The summed E-state index contributed by atoms with van der Waals surface area (Å²) in [6.45, 7) is 5.90. The monoisotopic (exact) mass is 211 g/mol. The summed E-state index contributed by atoms with van der Waals surface area (Å²) in [5.74, 6) is 0.299. The lowest BCUT2D eigenvalue weighted by Gasteiger charge is -2.18. The van der Waals surface area contributed by atoms with Gasteiger partial charge in [0.1, 0.15) is 5.54 Å². The number of urea groups is 1. The lowest BCUT2D eigenvalue weighted by molar-refractivity contribution is -0.130. The molecule has 2 rings (SSSR count). The topological polar surface area (TPSA) is 61.4 Å². The largest absolute Gasteiger partial charge is 0.325 e. The highest BCUT2D eigenvalue weighted by Crippen LogP contribution is 2.19. The summed E-state index contributed by atoms with van der Waals surface area (Å²) in [7, 11) is 0. The molecule has 0 spiro atoms. The van der Waals surface area contributed by atoms with Crippen LogP contribution in [0.5, 0.6) is 0 Å². The second-order valence-corrected chi connectivity index (χ2v) is 4.83. The SMILES string of the molecule is CC1(C)NC(=O)N(CC2CCNC2)C1=O. The summed E-state index contributed by atoms with van der Waals surface area (Å²) in [4.78, 5) is 24.8. The Hall–Kier alpha value is -1.10. The van der Waals surface area contributed by atoms with Crippen molar-refractivity contribution in [3.05, 3.63) is 0 Å². The zero-order chi connectivity index (χ0) is 11.1. The van der Waals surface area contributed by atoms with E-state index in [1.54, 1.807) is 13.8 Å². The summed E-state index contributed by atoms with van der Waals surface area (Å²) in [5.41, 5.74) is -0.733. The van der Waals surface area contributed by atoms with Crippen molar-refractivity contribution in [3.63, 3.8) is 0 Å². The molecule has 5 nitrogen and oxygen atoms in total. The highest BCUT2D eigenvalue weighted by Gasteiger charge is 2.44. The van der Waals surface area contributed by atoms with Gasteiger partial charge in [0.25, 0.3) is 5.91 Å². The van der Waals surface area contributed by atoms with Gasteiger partial charge in [-0.15, -0.1) is 0 Å². The Bertz CT molecular complexity index is 295. The van der Waals surface area contributed by atoms with Crippen molar-refractivity contribution in [3.8, 4) is 0 Å². The number of hydrogen-bond donors (Lipinski definition) is 2. The summed E-state index contributed by atoms with van der Waals surface area (Å²) in [5, 5.41) is 5.91. The quantitative estimate of drug-likeness (QED) is 0.628. The fraction of sp³-hybridized carbons (Fsp3) is 0.800. The van der Waals surface area contributed by atoms with Gasteiger partial charge in [0.2, 0.25) is 0 Å². The fourth-order valence-corrected chi connectivity index (χ4v) is 2.11. The maximum Gasteiger partial charge on any atom is 0.325 e. The van der Waals surface area contributed by atoms with Gasteiger partial charge >= 0.3 is 6.03 Å². The molecule has 15 heavy (non-hydrogen) atoms. The van der Waals surface area contributed by atoms with Crippen molar-refractivity contribution >= 4 is 11.9 Å². The molecule has 0 aromatic rings. The van der Waals surface area contributed by atoms with Crippen LogP contribution in [0.4, 0.5) is 4.79 Å². The van der Waals surface area contributed by atoms with E-state index in [1.165, 1.54) is 4.90 Å². The van der Waals surface area contributed by atoms with Gasteiger partial charge in [-0.3, -0.25) is 9.69 Å². The van der Waals surface area contributed by atoms with Crippen LogP contribution in [-0.2, 0) is 4.79 Å². The van der Waals surface area contributed by atoms with Crippen LogP contribution in [0.3, 0.4) is 0 Å². The van der Waals surface area contributed by atoms with Crippen LogP contribution in [0, 0.1) is 5.92 Å². The summed E-state index contributed by atoms with van der Waals surface area (Å²) in [6.07, 6.45) is 1.04. The molecule has 2 N–H and O–H groups in total. The second kappa shape index (κ2) is 3.48. The fourth-order valence-electron chi connectivity index (χ4n) is 2.11. The van der Waals surface area contributed by atoms with Crippen LogP contribution in [0.2, 0.25) is 0 Å². The predicted octanol–water partition coefficient (Wildman–Crippen LogP) is -0.0737. The first-order chi connectivity index (χ1) is 7.00. The molecule has 1 atom stereocenters. The Morgan fingerprint density at radius 2 is 2.20 bits per heavy atom. The van der Waals surface area contributed by atoms with Gasteiger partial charge in [0, 0.05) is 6.54 Å². The van der Waals surface area contributed by atoms with E-state index in [2.05, 4.69) is 10.6 Å². The maximum absolute atomic E-state index is 11.8. The third-order valence-electron chi connectivity index (χ3n) is 3.05. The minimum atomic E-state index is -0.733. The van der Waals surface area contributed by atoms with E-state index in [-0.39, 0.29) is 11.9 Å². The normalized spacial score (nSPS) is 29.7. The molecule has 2 aliphatic rings. The lowest BCUT2D eigenvalue weighted by Crippen LogP contribution is -2.41. The van der Waals surface area contributed by atoms with Gasteiger partial charge in [-0.1, -0.05) is 0 Å². The van der Waals surface area contributed by atoms with Gasteiger partial charge in [0.05, 0.1) is 0 Å². The molecule has 2 fully saturated rings. The van der Waals surface area contributed by atoms with E-state index >= 15 is 0 Å². The molecule has 0 aromatic carbocycles. The standard InChI is InChI=1S/C10H17N3O2/c1-10(2)8(14)13(9(15)12-10)6-7-3-4-11-5-7/h7,11H,3-6H2,1-2H3,(H,12,15). The average Bonchev–Trinajstić information content (AvgIpc) is 2.69. The van der Waals surface area contributed by atoms with Crippen LogP contribution in [0.1, 0.15) is 20.3 Å². The second-order valence-electron chi connectivity index (χ2n) is 4.83. The van der Waals surface area contributed by atoms with Crippen molar-refractivity contribution in [1.82, 2.24) is 15.5 Å². The number of nitrogens with one attached hydrogen (secondary N) is 2. The Morgan fingerprint density at radius 3 is 2.67 bits per heavy atom. The van der Waals surface area contributed by atoms with Crippen LogP contribution in [0.25, 0.3) is 0 Å². The van der Waals surface area contributed by atoms with Crippen LogP contribution in [0.15, 0.2) is 0 Å². The van der Waals surface area contributed by atoms with Crippen molar-refractivity contribution in [1.29, 1.82) is 0 Å². The average molecular weight is 211 g/mol. The summed E-state index contributed by atoms with van der Waals surface area (Å²) >= 11 is 0. The first-order valence-electron chi connectivity index (χ1n) is 5.35. The Kier molecular flexibility index (Phi) is 2.42. The number of hydrogen-bond acceptors (Lipinski definition) is 3. The maximum atomic E-state index is 11.8. The van der Waals surface area contributed by atoms with Crippen LogP contribution in [-0.4, -0.2) is 42.0 Å².